The van der Waals surface area contributed by atoms with Crippen molar-refractivity contribution in [3.05, 3.63) is 29.8 Å². The van der Waals surface area contributed by atoms with Crippen LogP contribution in [0, 0.1) is 5.92 Å². The summed E-state index contributed by atoms with van der Waals surface area (Å²) < 4.78 is 5.81. The predicted octanol–water partition coefficient (Wildman–Crippen LogP) is 3.48. The maximum absolute atomic E-state index is 5.81. The molecule has 1 N–H and O–H groups in total. The van der Waals surface area contributed by atoms with Crippen molar-refractivity contribution in [1.29, 1.82) is 0 Å². The summed E-state index contributed by atoms with van der Waals surface area (Å²) in [7, 11) is 0. The Bertz CT molecular complexity index is 460. The number of ether oxygens (including phenoxy) is 1. The Morgan fingerprint density at radius 2 is 2.11 bits per heavy atom. The van der Waals surface area contributed by atoms with Gasteiger partial charge in [0, 0.05) is 5.54 Å². The van der Waals surface area contributed by atoms with Crippen molar-refractivity contribution in [2.75, 3.05) is 13.2 Å². The quantitative estimate of drug-likeness (QED) is 0.895. The van der Waals surface area contributed by atoms with Crippen LogP contribution < -0.4 is 10.1 Å². The molecule has 1 saturated carbocycles. The first-order valence-electron chi connectivity index (χ1n) is 7.84. The monoisotopic (exact) mass is 257 g/mol. The van der Waals surface area contributed by atoms with Crippen LogP contribution in [0.3, 0.4) is 0 Å². The van der Waals surface area contributed by atoms with Crippen LogP contribution in [0.4, 0.5) is 0 Å². The second-order valence-corrected chi connectivity index (χ2v) is 6.54. The second-order valence-electron chi connectivity index (χ2n) is 6.54. The van der Waals surface area contributed by atoms with Gasteiger partial charge in [0.05, 0.1) is 6.61 Å². The van der Waals surface area contributed by atoms with Gasteiger partial charge in [-0.1, -0.05) is 18.2 Å². The molecule has 1 aliphatic carbocycles. The number of benzene rings is 1. The van der Waals surface area contributed by atoms with Gasteiger partial charge in [0.25, 0.3) is 0 Å². The van der Waals surface area contributed by atoms with Crippen molar-refractivity contribution in [3.63, 3.8) is 0 Å². The molecule has 2 unspecified atom stereocenters. The highest BCUT2D eigenvalue weighted by atomic mass is 16.5. The first-order valence-corrected chi connectivity index (χ1v) is 7.84. The van der Waals surface area contributed by atoms with E-state index in [9.17, 15) is 0 Å². The Morgan fingerprint density at radius 3 is 2.89 bits per heavy atom. The van der Waals surface area contributed by atoms with Crippen LogP contribution in [0.2, 0.25) is 0 Å². The Kier molecular flexibility index (Phi) is 2.80. The Labute approximate surface area is 115 Å². The highest BCUT2D eigenvalue weighted by molar-refractivity contribution is 5.38. The average Bonchev–Trinajstić information content (AvgIpc) is 3.21. The molecule has 0 aromatic heterocycles. The van der Waals surface area contributed by atoms with Gasteiger partial charge in [0.15, 0.2) is 0 Å². The molecule has 2 nitrogen and oxygen atoms in total. The number of hydrogen-bond acceptors (Lipinski definition) is 2. The van der Waals surface area contributed by atoms with Crippen molar-refractivity contribution >= 4 is 0 Å². The Morgan fingerprint density at radius 1 is 1.21 bits per heavy atom. The first-order chi connectivity index (χ1) is 9.37. The first kappa shape index (κ1) is 11.8. The van der Waals surface area contributed by atoms with Crippen LogP contribution in [-0.2, 0) is 0 Å². The molecule has 3 aliphatic rings. The Hall–Kier alpha value is -1.02. The van der Waals surface area contributed by atoms with Crippen LogP contribution in [0.1, 0.15) is 50.0 Å². The SMILES string of the molecule is c1ccc2c(c1)OCCC2CC1(C2CC2)CCCN1. The molecule has 0 radical (unpaired) electrons. The molecule has 2 atom stereocenters. The molecular formula is C17H23NO. The largest absolute Gasteiger partial charge is 0.493 e. The lowest BCUT2D eigenvalue weighted by Gasteiger charge is -2.36. The minimum atomic E-state index is 0.453. The third-order valence-electron chi connectivity index (χ3n) is 5.33. The summed E-state index contributed by atoms with van der Waals surface area (Å²) in [6, 6.07) is 8.65. The van der Waals surface area contributed by atoms with Crippen molar-refractivity contribution < 1.29 is 4.74 Å². The molecule has 0 amide bonds. The van der Waals surface area contributed by atoms with E-state index < -0.39 is 0 Å². The molecular weight excluding hydrogens is 234 g/mol. The van der Waals surface area contributed by atoms with Gasteiger partial charge < -0.3 is 10.1 Å². The summed E-state index contributed by atoms with van der Waals surface area (Å²) in [4.78, 5) is 0. The van der Waals surface area contributed by atoms with E-state index >= 15 is 0 Å². The van der Waals surface area contributed by atoms with Gasteiger partial charge in [-0.3, -0.25) is 0 Å². The van der Waals surface area contributed by atoms with E-state index in [-0.39, 0.29) is 0 Å². The highest BCUT2D eigenvalue weighted by Crippen LogP contribution is 2.50. The maximum atomic E-state index is 5.81. The highest BCUT2D eigenvalue weighted by Gasteiger charge is 2.48. The standard InChI is InChI=1S/C17H23NO/c1-2-5-16-15(4-1)13(8-11-19-16)12-17(14-6-7-14)9-3-10-18-17/h1-2,4-5,13-14,18H,3,6-12H2. The summed E-state index contributed by atoms with van der Waals surface area (Å²) >= 11 is 0. The Balaban J connectivity index is 1.60. The predicted molar refractivity (Wildman–Crippen MR) is 76.6 cm³/mol. The smallest absolute Gasteiger partial charge is 0.122 e. The third-order valence-corrected chi connectivity index (χ3v) is 5.33. The zero-order valence-electron chi connectivity index (χ0n) is 11.5. The molecule has 1 aromatic carbocycles. The molecule has 2 fully saturated rings. The van der Waals surface area contributed by atoms with Gasteiger partial charge >= 0.3 is 0 Å². The number of hydrogen-bond donors (Lipinski definition) is 1. The summed E-state index contributed by atoms with van der Waals surface area (Å²) in [6.45, 7) is 2.11. The fourth-order valence-corrected chi connectivity index (χ4v) is 4.22. The van der Waals surface area contributed by atoms with Crippen LogP contribution >= 0.6 is 0 Å². The molecule has 4 rings (SSSR count). The van der Waals surface area contributed by atoms with Crippen molar-refractivity contribution in [2.45, 2.75) is 50.0 Å². The third kappa shape index (κ3) is 2.06. The van der Waals surface area contributed by atoms with E-state index in [2.05, 4.69) is 29.6 Å². The minimum absolute atomic E-state index is 0.453. The van der Waals surface area contributed by atoms with Gasteiger partial charge in [-0.2, -0.15) is 0 Å². The van der Waals surface area contributed by atoms with Crippen molar-refractivity contribution in [1.82, 2.24) is 5.32 Å². The summed E-state index contributed by atoms with van der Waals surface area (Å²) in [5, 5.41) is 3.87. The van der Waals surface area contributed by atoms with Crippen LogP contribution in [0.25, 0.3) is 0 Å². The van der Waals surface area contributed by atoms with Crippen molar-refractivity contribution in [2.24, 2.45) is 5.92 Å². The molecule has 0 bridgehead atoms. The van der Waals surface area contributed by atoms with Gasteiger partial charge in [-0.15, -0.1) is 0 Å². The average molecular weight is 257 g/mol. The second kappa shape index (κ2) is 4.52. The van der Waals surface area contributed by atoms with Gasteiger partial charge in [0.2, 0.25) is 0 Å². The van der Waals surface area contributed by atoms with Crippen LogP contribution in [0.15, 0.2) is 24.3 Å². The maximum Gasteiger partial charge on any atom is 0.122 e. The number of fused-ring (bicyclic) bond motifs is 1. The fourth-order valence-electron chi connectivity index (χ4n) is 4.22. The molecule has 2 heterocycles. The zero-order valence-corrected chi connectivity index (χ0v) is 11.5. The summed E-state index contributed by atoms with van der Waals surface area (Å²) in [5.41, 5.74) is 1.90. The summed E-state index contributed by atoms with van der Waals surface area (Å²) in [5.74, 6) is 2.77. The van der Waals surface area contributed by atoms with E-state index in [1.807, 2.05) is 0 Å². The normalized spacial score (nSPS) is 33.8. The molecule has 1 saturated heterocycles. The molecule has 2 aliphatic heterocycles. The molecule has 1 aromatic rings. The lowest BCUT2D eigenvalue weighted by molar-refractivity contribution is 0.220. The van der Waals surface area contributed by atoms with Crippen LogP contribution in [-0.4, -0.2) is 18.7 Å². The number of para-hydroxylation sites is 1. The molecule has 2 heteroatoms. The van der Waals surface area contributed by atoms with Crippen LogP contribution in [0.5, 0.6) is 5.75 Å². The lowest BCUT2D eigenvalue weighted by atomic mass is 9.77. The van der Waals surface area contributed by atoms with E-state index in [1.165, 1.54) is 50.6 Å². The van der Waals surface area contributed by atoms with E-state index in [1.54, 1.807) is 0 Å². The van der Waals surface area contributed by atoms with Gasteiger partial charge in [0.1, 0.15) is 5.75 Å². The van der Waals surface area contributed by atoms with Crippen molar-refractivity contribution in [3.8, 4) is 5.75 Å². The van der Waals surface area contributed by atoms with E-state index in [4.69, 9.17) is 4.74 Å². The minimum Gasteiger partial charge on any atom is -0.493 e. The molecule has 19 heavy (non-hydrogen) atoms. The number of rotatable bonds is 3. The topological polar surface area (TPSA) is 21.3 Å². The van der Waals surface area contributed by atoms with E-state index in [0.29, 0.717) is 11.5 Å². The number of nitrogens with one attached hydrogen (secondary N) is 1. The summed E-state index contributed by atoms with van der Waals surface area (Å²) in [6.07, 6.45) is 8.14. The molecule has 0 spiro atoms. The van der Waals surface area contributed by atoms with E-state index in [0.717, 1.165) is 18.3 Å². The lowest BCUT2D eigenvalue weighted by Crippen LogP contribution is -2.43. The zero-order chi connectivity index (χ0) is 12.7. The van der Waals surface area contributed by atoms with Gasteiger partial charge in [-0.25, -0.2) is 0 Å². The molecule has 102 valence electrons. The van der Waals surface area contributed by atoms with Gasteiger partial charge in [-0.05, 0) is 68.5 Å². The fraction of sp³-hybridized carbons (Fsp3) is 0.647.